The first-order chi connectivity index (χ1) is 10.2. The second-order valence-electron chi connectivity index (χ2n) is 4.46. The zero-order chi connectivity index (χ0) is 16.5. The van der Waals surface area contributed by atoms with Gasteiger partial charge in [-0.2, -0.15) is 8.42 Å². The van der Waals surface area contributed by atoms with E-state index < -0.39 is 21.8 Å². The predicted molar refractivity (Wildman–Crippen MR) is 83.6 cm³/mol. The molecule has 116 valence electrons. The zero-order valence-electron chi connectivity index (χ0n) is 11.5. The number of nitrogens with zero attached hydrogens (tertiary/aromatic N) is 1. The maximum absolute atomic E-state index is 12.2. The van der Waals surface area contributed by atoms with Gasteiger partial charge in [0.15, 0.2) is 10.6 Å². The van der Waals surface area contributed by atoms with Gasteiger partial charge in [-0.05, 0) is 31.3 Å². The van der Waals surface area contributed by atoms with Crippen LogP contribution in [0.2, 0.25) is 0 Å². The summed E-state index contributed by atoms with van der Waals surface area (Å²) in [6.07, 6.45) is 0. The first-order valence-electron chi connectivity index (χ1n) is 6.00. The molecule has 0 fully saturated rings. The maximum atomic E-state index is 12.2. The van der Waals surface area contributed by atoms with Crippen LogP contribution in [0.1, 0.15) is 21.7 Å². The molecule has 0 unspecified atom stereocenters. The molecule has 1 aromatic carbocycles. The number of rotatable bonds is 4. The molecule has 1 aromatic heterocycles. The molecule has 0 saturated heterocycles. The Bertz CT molecular complexity index is 907. The number of nitrogens with one attached hydrogen (secondary N) is 2. The van der Waals surface area contributed by atoms with Gasteiger partial charge in [-0.15, -0.1) is 4.40 Å². The van der Waals surface area contributed by atoms with Gasteiger partial charge < -0.3 is 21.4 Å². The number of hydrogen-bond acceptors (Lipinski definition) is 4. The summed E-state index contributed by atoms with van der Waals surface area (Å²) < 4.78 is 27.9. The predicted octanol–water partition coefficient (Wildman–Crippen LogP) is 0.574. The molecule has 2 rings (SSSR count). The molecule has 0 aliphatic heterocycles. The highest BCUT2D eigenvalue weighted by Crippen LogP contribution is 2.14. The third kappa shape index (κ3) is 3.23. The highest BCUT2D eigenvalue weighted by Gasteiger charge is 2.19. The van der Waals surface area contributed by atoms with Crippen molar-refractivity contribution in [2.24, 2.45) is 15.9 Å². The number of H-pyrrole nitrogens is 2. The van der Waals surface area contributed by atoms with Crippen LogP contribution in [0.25, 0.3) is 0 Å². The number of aromatic nitrogens is 2. The Morgan fingerprint density at radius 3 is 2.23 bits per heavy atom. The topological polar surface area (TPSA) is 147 Å². The van der Waals surface area contributed by atoms with Crippen molar-refractivity contribution in [2.75, 3.05) is 0 Å². The summed E-state index contributed by atoms with van der Waals surface area (Å²) in [5, 5.41) is 0. The number of aryl methyl sites for hydroxylation is 1. The molecule has 22 heavy (non-hydrogen) atoms. The molecule has 0 spiro atoms. The van der Waals surface area contributed by atoms with Gasteiger partial charge in [0.25, 0.3) is 15.9 Å². The normalized spacial score (nSPS) is 12.3. The molecule has 0 bridgehead atoms. The number of benzene rings is 1. The number of carbonyl (C=O) groups excluding carboxylic acids is 1. The quantitative estimate of drug-likeness (QED) is 0.365. The number of amides is 1. The monoisotopic (exact) mass is 339 g/mol. The lowest BCUT2D eigenvalue weighted by Crippen LogP contribution is -2.22. The second kappa shape index (κ2) is 5.73. The van der Waals surface area contributed by atoms with E-state index in [9.17, 15) is 13.2 Å². The van der Waals surface area contributed by atoms with Crippen molar-refractivity contribution in [3.63, 3.8) is 0 Å². The Balaban J connectivity index is 2.50. The minimum Gasteiger partial charge on any atom is -0.381 e. The van der Waals surface area contributed by atoms with Gasteiger partial charge in [0.2, 0.25) is 0 Å². The summed E-state index contributed by atoms with van der Waals surface area (Å²) in [5.41, 5.74) is 11.5. The van der Waals surface area contributed by atoms with Crippen LogP contribution in [-0.2, 0) is 10.0 Å². The van der Waals surface area contributed by atoms with Crippen molar-refractivity contribution < 1.29 is 13.2 Å². The van der Waals surface area contributed by atoms with E-state index in [-0.39, 0.29) is 21.1 Å². The number of hydrogen-bond donors (Lipinski definition) is 4. The Morgan fingerprint density at radius 2 is 1.68 bits per heavy atom. The van der Waals surface area contributed by atoms with E-state index >= 15 is 0 Å². The fourth-order valence-electron chi connectivity index (χ4n) is 1.70. The van der Waals surface area contributed by atoms with Gasteiger partial charge in [0, 0.05) is 0 Å². The van der Waals surface area contributed by atoms with E-state index in [1.807, 2.05) is 6.92 Å². The molecular formula is C12H13N5O3S2. The van der Waals surface area contributed by atoms with Crippen molar-refractivity contribution in [1.29, 1.82) is 0 Å². The van der Waals surface area contributed by atoms with E-state index in [1.165, 1.54) is 12.1 Å². The summed E-state index contributed by atoms with van der Waals surface area (Å²) in [6, 6.07) is 6.10. The molecule has 0 aliphatic rings. The Kier molecular flexibility index (Phi) is 4.15. The van der Waals surface area contributed by atoms with Gasteiger partial charge in [-0.25, -0.2) is 0 Å². The van der Waals surface area contributed by atoms with Crippen LogP contribution in [0, 0.1) is 11.7 Å². The number of nitrogens with two attached hydrogens (primary N) is 2. The molecule has 0 atom stereocenters. The van der Waals surface area contributed by atoms with E-state index in [0.717, 1.165) is 5.56 Å². The molecule has 6 N–H and O–H groups in total. The molecule has 1 heterocycles. The van der Waals surface area contributed by atoms with Gasteiger partial charge in [-0.3, -0.25) is 4.79 Å². The summed E-state index contributed by atoms with van der Waals surface area (Å²) in [6.45, 7) is 1.83. The first-order valence-corrected chi connectivity index (χ1v) is 7.85. The van der Waals surface area contributed by atoms with E-state index in [4.69, 9.17) is 23.7 Å². The minimum atomic E-state index is -4.01. The number of aromatic amines is 2. The van der Waals surface area contributed by atoms with E-state index in [1.54, 1.807) is 12.1 Å². The molecule has 2 aromatic rings. The lowest BCUT2D eigenvalue weighted by Gasteiger charge is -2.02. The fraction of sp³-hybridized carbons (Fsp3) is 0.0833. The molecule has 10 heteroatoms. The standard InChI is InChI=1S/C12H13N5O3S2/c1-6-2-4-7(5-3-6)22(19,20)17-10(13)8-9(11(14)18)16-12(21)15-8/h2-5H,1H3,(H2,13,17)(H2,14,18)(H2,15,16,21). The highest BCUT2D eigenvalue weighted by atomic mass is 32.2. The van der Waals surface area contributed by atoms with Gasteiger partial charge >= 0.3 is 0 Å². The van der Waals surface area contributed by atoms with Gasteiger partial charge in [0.05, 0.1) is 4.90 Å². The summed E-state index contributed by atoms with van der Waals surface area (Å²) in [5.74, 6) is -1.25. The zero-order valence-corrected chi connectivity index (χ0v) is 13.1. The Labute approximate surface area is 131 Å². The largest absolute Gasteiger partial charge is 0.381 e. The summed E-state index contributed by atoms with van der Waals surface area (Å²) in [7, 11) is -4.01. The Morgan fingerprint density at radius 1 is 1.14 bits per heavy atom. The van der Waals surface area contributed by atoms with Crippen LogP contribution < -0.4 is 11.5 Å². The van der Waals surface area contributed by atoms with Crippen molar-refractivity contribution in [1.82, 2.24) is 9.97 Å². The highest BCUT2D eigenvalue weighted by molar-refractivity contribution is 7.90. The summed E-state index contributed by atoms with van der Waals surface area (Å²) in [4.78, 5) is 16.3. The molecular weight excluding hydrogens is 326 g/mol. The molecule has 8 nitrogen and oxygen atoms in total. The van der Waals surface area contributed by atoms with Crippen LogP contribution in [0.3, 0.4) is 0 Å². The SMILES string of the molecule is Cc1ccc(S(=O)(=O)/N=C(\N)c2[nH]c(=S)[nH]c2C(N)=O)cc1. The number of sulfonamides is 1. The fourth-order valence-corrected chi connectivity index (χ4v) is 2.84. The molecule has 0 aliphatic carbocycles. The van der Waals surface area contributed by atoms with Crippen LogP contribution in [0.4, 0.5) is 0 Å². The first kappa shape index (κ1) is 15.9. The lowest BCUT2D eigenvalue weighted by atomic mass is 10.2. The number of primary amides is 1. The number of carbonyl (C=O) groups is 1. The molecule has 0 saturated carbocycles. The molecule has 1 amide bonds. The van der Waals surface area contributed by atoms with Crippen LogP contribution >= 0.6 is 12.2 Å². The van der Waals surface area contributed by atoms with Crippen molar-refractivity contribution in [3.8, 4) is 0 Å². The van der Waals surface area contributed by atoms with Gasteiger partial charge in [0.1, 0.15) is 11.4 Å². The van der Waals surface area contributed by atoms with E-state index in [0.29, 0.717) is 0 Å². The third-order valence-corrected chi connectivity index (χ3v) is 4.28. The van der Waals surface area contributed by atoms with Crippen molar-refractivity contribution >= 4 is 34.0 Å². The van der Waals surface area contributed by atoms with Crippen LogP contribution in [0.5, 0.6) is 0 Å². The third-order valence-electron chi connectivity index (χ3n) is 2.77. The summed E-state index contributed by atoms with van der Waals surface area (Å²) >= 11 is 4.83. The molecule has 0 radical (unpaired) electrons. The minimum absolute atomic E-state index is 0.0178. The van der Waals surface area contributed by atoms with E-state index in [2.05, 4.69) is 14.4 Å². The second-order valence-corrected chi connectivity index (χ2v) is 6.47. The van der Waals surface area contributed by atoms with Gasteiger partial charge in [-0.1, -0.05) is 17.7 Å². The van der Waals surface area contributed by atoms with Crippen molar-refractivity contribution in [3.05, 3.63) is 46.0 Å². The van der Waals surface area contributed by atoms with Crippen LogP contribution in [-0.4, -0.2) is 30.1 Å². The average molecular weight is 339 g/mol. The van der Waals surface area contributed by atoms with Crippen molar-refractivity contribution in [2.45, 2.75) is 11.8 Å². The lowest BCUT2D eigenvalue weighted by molar-refractivity contribution is 0.0996. The van der Waals surface area contributed by atoms with Crippen LogP contribution in [0.15, 0.2) is 33.6 Å². The number of imidazole rings is 1. The smallest absolute Gasteiger partial charge is 0.284 e. The average Bonchev–Trinajstić information content (AvgIpc) is 2.81. The Hall–Kier alpha value is -2.46. The number of amidine groups is 1. The maximum Gasteiger partial charge on any atom is 0.284 e.